The smallest absolute Gasteiger partial charge is 0.101 e. The molecule has 2 rings (SSSR count). The third kappa shape index (κ3) is 3.35. The lowest BCUT2D eigenvalue weighted by molar-refractivity contribution is 1.02. The van der Waals surface area contributed by atoms with E-state index in [2.05, 4.69) is 39.4 Å². The van der Waals surface area contributed by atoms with Crippen LogP contribution in [0.3, 0.4) is 0 Å². The first-order valence-electron chi connectivity index (χ1n) is 5.77. The van der Waals surface area contributed by atoms with Gasteiger partial charge in [0, 0.05) is 11.0 Å². The van der Waals surface area contributed by atoms with Gasteiger partial charge in [-0.05, 0) is 30.2 Å². The minimum absolute atomic E-state index is 0.672. The molecule has 0 saturated carbocycles. The molecule has 2 nitrogen and oxygen atoms in total. The number of nitriles is 1. The minimum atomic E-state index is 0.672. The maximum atomic E-state index is 9.02. The van der Waals surface area contributed by atoms with Crippen molar-refractivity contribution in [1.29, 1.82) is 5.26 Å². The van der Waals surface area contributed by atoms with Crippen molar-refractivity contribution in [3.63, 3.8) is 0 Å². The molecule has 0 radical (unpaired) electrons. The number of halogens is 1. The molecule has 2 aromatic rings. The molecule has 1 N–H and O–H groups in total. The molecular formula is C15H13BrN2. The number of rotatable bonds is 4. The van der Waals surface area contributed by atoms with Crippen LogP contribution >= 0.6 is 15.9 Å². The molecule has 0 aliphatic rings. The van der Waals surface area contributed by atoms with Crippen LogP contribution in [-0.2, 0) is 6.42 Å². The van der Waals surface area contributed by atoms with Crippen LogP contribution < -0.4 is 5.32 Å². The van der Waals surface area contributed by atoms with E-state index in [0.29, 0.717) is 5.56 Å². The molecule has 0 spiro atoms. The van der Waals surface area contributed by atoms with Crippen molar-refractivity contribution >= 4 is 21.6 Å². The van der Waals surface area contributed by atoms with Crippen LogP contribution in [-0.4, -0.2) is 6.54 Å². The number of benzene rings is 2. The van der Waals surface area contributed by atoms with Gasteiger partial charge >= 0.3 is 0 Å². The lowest BCUT2D eigenvalue weighted by Crippen LogP contribution is -2.06. The molecule has 0 atom stereocenters. The molecule has 0 aliphatic carbocycles. The summed E-state index contributed by atoms with van der Waals surface area (Å²) in [6, 6.07) is 18.1. The zero-order valence-electron chi connectivity index (χ0n) is 9.86. The highest BCUT2D eigenvalue weighted by Crippen LogP contribution is 2.20. The Bertz CT molecular complexity index is 558. The molecule has 0 aliphatic heterocycles. The second-order valence-electron chi connectivity index (χ2n) is 3.96. The van der Waals surface area contributed by atoms with Gasteiger partial charge < -0.3 is 5.32 Å². The van der Waals surface area contributed by atoms with Crippen molar-refractivity contribution in [1.82, 2.24) is 0 Å². The summed E-state index contributed by atoms with van der Waals surface area (Å²) in [6.07, 6.45) is 0.943. The number of nitrogens with zero attached hydrogens (tertiary/aromatic N) is 1. The summed E-state index contributed by atoms with van der Waals surface area (Å²) in [4.78, 5) is 0. The first kappa shape index (κ1) is 12.7. The van der Waals surface area contributed by atoms with Gasteiger partial charge in [0.15, 0.2) is 0 Å². The van der Waals surface area contributed by atoms with Crippen LogP contribution in [0.15, 0.2) is 53.0 Å². The first-order valence-corrected chi connectivity index (χ1v) is 6.56. The second-order valence-corrected chi connectivity index (χ2v) is 4.88. The van der Waals surface area contributed by atoms with Crippen LogP contribution in [0, 0.1) is 11.3 Å². The number of hydrogen-bond acceptors (Lipinski definition) is 2. The topological polar surface area (TPSA) is 35.8 Å². The molecule has 0 bridgehead atoms. The maximum Gasteiger partial charge on any atom is 0.101 e. The summed E-state index contributed by atoms with van der Waals surface area (Å²) in [7, 11) is 0. The van der Waals surface area contributed by atoms with E-state index in [4.69, 9.17) is 5.26 Å². The van der Waals surface area contributed by atoms with Gasteiger partial charge in [-0.2, -0.15) is 5.26 Å². The average Bonchev–Trinajstić information content (AvgIpc) is 2.40. The Balaban J connectivity index is 1.98. The SMILES string of the molecule is N#Cc1ccc(Br)cc1NCCc1ccccc1. The van der Waals surface area contributed by atoms with Crippen LogP contribution in [0.5, 0.6) is 0 Å². The van der Waals surface area contributed by atoms with E-state index < -0.39 is 0 Å². The fourth-order valence-corrected chi connectivity index (χ4v) is 2.11. The molecule has 0 unspecified atom stereocenters. The molecule has 0 amide bonds. The predicted molar refractivity (Wildman–Crippen MR) is 77.5 cm³/mol. The summed E-state index contributed by atoms with van der Waals surface area (Å²) < 4.78 is 0.976. The fourth-order valence-electron chi connectivity index (χ4n) is 1.75. The number of nitrogens with one attached hydrogen (secondary N) is 1. The molecule has 0 fully saturated rings. The maximum absolute atomic E-state index is 9.02. The van der Waals surface area contributed by atoms with Crippen molar-refractivity contribution in [2.45, 2.75) is 6.42 Å². The largest absolute Gasteiger partial charge is 0.384 e. The zero-order chi connectivity index (χ0) is 12.8. The van der Waals surface area contributed by atoms with Crippen molar-refractivity contribution < 1.29 is 0 Å². The van der Waals surface area contributed by atoms with E-state index in [1.54, 1.807) is 0 Å². The summed E-state index contributed by atoms with van der Waals surface area (Å²) in [5.41, 5.74) is 2.84. The van der Waals surface area contributed by atoms with E-state index in [-0.39, 0.29) is 0 Å². The Morgan fingerprint density at radius 3 is 2.61 bits per heavy atom. The van der Waals surface area contributed by atoms with Gasteiger partial charge in [-0.3, -0.25) is 0 Å². The Morgan fingerprint density at radius 2 is 1.89 bits per heavy atom. The standard InChI is InChI=1S/C15H13BrN2/c16-14-7-6-13(11-17)15(10-14)18-9-8-12-4-2-1-3-5-12/h1-7,10,18H,8-9H2. The van der Waals surface area contributed by atoms with Gasteiger partial charge in [-0.15, -0.1) is 0 Å². The quantitative estimate of drug-likeness (QED) is 0.927. The lowest BCUT2D eigenvalue weighted by Gasteiger charge is -2.08. The van der Waals surface area contributed by atoms with Crippen LogP contribution in [0.1, 0.15) is 11.1 Å². The van der Waals surface area contributed by atoms with E-state index >= 15 is 0 Å². The monoisotopic (exact) mass is 300 g/mol. The molecule has 0 heterocycles. The predicted octanol–water partition coefficient (Wildman–Crippen LogP) is 3.98. The summed E-state index contributed by atoms with van der Waals surface area (Å²) in [6.45, 7) is 0.815. The van der Waals surface area contributed by atoms with Gasteiger partial charge in [0.1, 0.15) is 6.07 Å². The highest BCUT2D eigenvalue weighted by atomic mass is 79.9. The summed E-state index contributed by atoms with van der Waals surface area (Å²) in [5.74, 6) is 0. The normalized spacial score (nSPS) is 9.78. The lowest BCUT2D eigenvalue weighted by atomic mass is 10.1. The third-order valence-electron chi connectivity index (χ3n) is 2.67. The van der Waals surface area contributed by atoms with E-state index in [9.17, 15) is 0 Å². The minimum Gasteiger partial charge on any atom is -0.384 e. The Kier molecular flexibility index (Phi) is 4.38. The average molecular weight is 301 g/mol. The van der Waals surface area contributed by atoms with Crippen LogP contribution in [0.25, 0.3) is 0 Å². The van der Waals surface area contributed by atoms with E-state index in [0.717, 1.165) is 23.1 Å². The second kappa shape index (κ2) is 6.23. The fraction of sp³-hybridized carbons (Fsp3) is 0.133. The number of anilines is 1. The van der Waals surface area contributed by atoms with Gasteiger partial charge in [-0.25, -0.2) is 0 Å². The molecule has 0 saturated heterocycles. The molecular weight excluding hydrogens is 288 g/mol. The van der Waals surface area contributed by atoms with E-state index in [1.165, 1.54) is 5.56 Å². The number of hydrogen-bond donors (Lipinski definition) is 1. The highest BCUT2D eigenvalue weighted by Gasteiger charge is 2.01. The molecule has 18 heavy (non-hydrogen) atoms. The van der Waals surface area contributed by atoms with Crippen molar-refractivity contribution in [2.75, 3.05) is 11.9 Å². The van der Waals surface area contributed by atoms with Gasteiger partial charge in [-0.1, -0.05) is 46.3 Å². The summed E-state index contributed by atoms with van der Waals surface area (Å²) >= 11 is 3.41. The zero-order valence-corrected chi connectivity index (χ0v) is 11.4. The van der Waals surface area contributed by atoms with Crippen molar-refractivity contribution in [3.05, 3.63) is 64.1 Å². The van der Waals surface area contributed by atoms with E-state index in [1.807, 2.05) is 36.4 Å². The van der Waals surface area contributed by atoms with Gasteiger partial charge in [0.2, 0.25) is 0 Å². The van der Waals surface area contributed by atoms with Gasteiger partial charge in [0.25, 0.3) is 0 Å². The highest BCUT2D eigenvalue weighted by molar-refractivity contribution is 9.10. The third-order valence-corrected chi connectivity index (χ3v) is 3.17. The Labute approximate surface area is 115 Å². The van der Waals surface area contributed by atoms with Crippen LogP contribution in [0.2, 0.25) is 0 Å². The Morgan fingerprint density at radius 1 is 1.11 bits per heavy atom. The molecule has 0 aromatic heterocycles. The molecule has 3 heteroatoms. The molecule has 90 valence electrons. The van der Waals surface area contributed by atoms with Gasteiger partial charge in [0.05, 0.1) is 11.3 Å². The van der Waals surface area contributed by atoms with Crippen LogP contribution in [0.4, 0.5) is 5.69 Å². The van der Waals surface area contributed by atoms with Crippen molar-refractivity contribution in [3.8, 4) is 6.07 Å². The molecule has 2 aromatic carbocycles. The first-order chi connectivity index (χ1) is 8.79. The Hall–Kier alpha value is -1.79. The summed E-state index contributed by atoms with van der Waals surface area (Å²) in [5, 5.41) is 12.3. The van der Waals surface area contributed by atoms with Crippen molar-refractivity contribution in [2.24, 2.45) is 0 Å².